The average molecular weight is 348 g/mol. The Labute approximate surface area is 145 Å². The van der Waals surface area contributed by atoms with E-state index in [2.05, 4.69) is 5.16 Å². The van der Waals surface area contributed by atoms with E-state index in [1.807, 2.05) is 0 Å². The summed E-state index contributed by atoms with van der Waals surface area (Å²) in [6.07, 6.45) is 2.95. The summed E-state index contributed by atoms with van der Waals surface area (Å²) in [6.45, 7) is 3.07. The van der Waals surface area contributed by atoms with Crippen LogP contribution in [0.15, 0.2) is 35.1 Å². The lowest BCUT2D eigenvalue weighted by Gasteiger charge is -2.41. The van der Waals surface area contributed by atoms with Crippen LogP contribution in [-0.2, 0) is 4.74 Å². The number of carbonyl (C=O) groups is 1. The predicted molar refractivity (Wildman–Crippen MR) is 88.0 cm³/mol. The number of amides is 1. The van der Waals surface area contributed by atoms with Gasteiger partial charge in [0.25, 0.3) is 5.91 Å². The lowest BCUT2D eigenvalue weighted by Crippen LogP contribution is -2.54. The highest BCUT2D eigenvalue weighted by molar-refractivity contribution is 5.94. The molecule has 1 fully saturated rings. The molecular weight excluding hydrogens is 327 g/mol. The van der Waals surface area contributed by atoms with Crippen LogP contribution in [0.25, 0.3) is 0 Å². The fourth-order valence-electron chi connectivity index (χ4n) is 3.03. The van der Waals surface area contributed by atoms with Gasteiger partial charge in [-0.1, -0.05) is 5.16 Å². The molecule has 1 atom stereocenters. The summed E-state index contributed by atoms with van der Waals surface area (Å²) in [5.74, 6) is 0.130. The van der Waals surface area contributed by atoms with Gasteiger partial charge in [0.2, 0.25) is 0 Å². The molecule has 0 N–H and O–H groups in total. The summed E-state index contributed by atoms with van der Waals surface area (Å²) in [6, 6.07) is 5.84. The molecule has 0 aliphatic carbocycles. The minimum atomic E-state index is -0.604. The first kappa shape index (κ1) is 17.4. The predicted octanol–water partition coefficient (Wildman–Crippen LogP) is 2.82. The van der Waals surface area contributed by atoms with Gasteiger partial charge in [-0.2, -0.15) is 0 Å². The highest BCUT2D eigenvalue weighted by Crippen LogP contribution is 2.27. The van der Waals surface area contributed by atoms with Gasteiger partial charge in [0, 0.05) is 13.7 Å². The van der Waals surface area contributed by atoms with Gasteiger partial charge in [0.1, 0.15) is 35.6 Å². The van der Waals surface area contributed by atoms with Gasteiger partial charge in [-0.15, -0.1) is 0 Å². The van der Waals surface area contributed by atoms with Crippen LogP contribution >= 0.6 is 0 Å². The summed E-state index contributed by atoms with van der Waals surface area (Å²) in [5.41, 5.74) is 0.431. The van der Waals surface area contributed by atoms with Crippen molar-refractivity contribution in [2.75, 3.05) is 26.8 Å². The van der Waals surface area contributed by atoms with E-state index in [1.54, 1.807) is 31.1 Å². The molecule has 6 nitrogen and oxygen atoms in total. The molecule has 1 aliphatic heterocycles. The molecule has 2 heterocycles. The highest BCUT2D eigenvalue weighted by atomic mass is 19.1. The topological polar surface area (TPSA) is 64.8 Å². The first-order valence-corrected chi connectivity index (χ1v) is 8.17. The van der Waals surface area contributed by atoms with Gasteiger partial charge in [-0.05, 0) is 44.0 Å². The molecule has 1 amide bonds. The van der Waals surface area contributed by atoms with E-state index in [4.69, 9.17) is 14.0 Å². The zero-order valence-corrected chi connectivity index (χ0v) is 14.3. The lowest BCUT2D eigenvalue weighted by molar-refractivity contribution is -0.0825. The van der Waals surface area contributed by atoms with E-state index in [1.165, 1.54) is 18.4 Å². The number of halogens is 1. The van der Waals surface area contributed by atoms with Gasteiger partial charge in [-0.3, -0.25) is 4.79 Å². The zero-order valence-electron chi connectivity index (χ0n) is 14.3. The van der Waals surface area contributed by atoms with Crippen LogP contribution in [0.2, 0.25) is 0 Å². The van der Waals surface area contributed by atoms with Crippen molar-refractivity contribution < 1.29 is 23.2 Å². The number of ether oxygens (including phenoxy) is 2. The minimum Gasteiger partial charge on any atom is -0.491 e. The van der Waals surface area contributed by atoms with E-state index >= 15 is 0 Å². The molecule has 1 aliphatic rings. The number of likely N-dealkylation sites (tertiary alicyclic amines) is 1. The van der Waals surface area contributed by atoms with Crippen LogP contribution in [0.3, 0.4) is 0 Å². The normalized spacial score (nSPS) is 20.5. The monoisotopic (exact) mass is 348 g/mol. The molecular formula is C18H21FN2O4. The lowest BCUT2D eigenvalue weighted by atomic mass is 9.92. The van der Waals surface area contributed by atoms with Crippen LogP contribution < -0.4 is 4.74 Å². The van der Waals surface area contributed by atoms with Crippen LogP contribution in [0.1, 0.15) is 28.9 Å². The van der Waals surface area contributed by atoms with E-state index in [9.17, 15) is 9.18 Å². The number of piperidine rings is 1. The first-order valence-electron chi connectivity index (χ1n) is 8.17. The van der Waals surface area contributed by atoms with E-state index in [-0.39, 0.29) is 18.3 Å². The van der Waals surface area contributed by atoms with Gasteiger partial charge in [0.05, 0.1) is 12.2 Å². The van der Waals surface area contributed by atoms with Crippen molar-refractivity contribution in [2.24, 2.45) is 0 Å². The quantitative estimate of drug-likeness (QED) is 0.831. The fourth-order valence-corrected chi connectivity index (χ4v) is 3.03. The van der Waals surface area contributed by atoms with Crippen molar-refractivity contribution in [3.8, 4) is 5.75 Å². The highest BCUT2D eigenvalue weighted by Gasteiger charge is 2.39. The van der Waals surface area contributed by atoms with E-state index in [0.29, 0.717) is 30.1 Å². The molecule has 7 heteroatoms. The Balaban J connectivity index is 1.69. The maximum absolute atomic E-state index is 13.0. The number of benzene rings is 1. The third-order valence-electron chi connectivity index (χ3n) is 4.56. The molecule has 0 saturated carbocycles. The van der Waals surface area contributed by atoms with Crippen LogP contribution in [-0.4, -0.2) is 48.4 Å². The maximum Gasteiger partial charge on any atom is 0.259 e. The number of hydrogen-bond donors (Lipinski definition) is 0. The van der Waals surface area contributed by atoms with Gasteiger partial charge in [0.15, 0.2) is 0 Å². The standard InChI is InChI=1S/C18H21FN2O4/c1-13-16(10-25-20-13)17(22)21-9-3-8-18(11-21,23-2)12-24-15-6-4-14(19)5-7-15/h4-7,10H,3,8-9,11-12H2,1-2H3. The third kappa shape index (κ3) is 3.82. The second-order valence-electron chi connectivity index (χ2n) is 6.27. The second-order valence-corrected chi connectivity index (χ2v) is 6.27. The molecule has 0 radical (unpaired) electrons. The molecule has 3 rings (SSSR count). The van der Waals surface area contributed by atoms with E-state index in [0.717, 1.165) is 12.8 Å². The van der Waals surface area contributed by atoms with Crippen molar-refractivity contribution in [1.82, 2.24) is 10.1 Å². The smallest absolute Gasteiger partial charge is 0.259 e. The Kier molecular flexibility index (Phi) is 5.03. The summed E-state index contributed by atoms with van der Waals surface area (Å²) in [5, 5.41) is 3.76. The number of methoxy groups -OCH3 is 1. The summed E-state index contributed by atoms with van der Waals surface area (Å²) >= 11 is 0. The number of hydrogen-bond acceptors (Lipinski definition) is 5. The fraction of sp³-hybridized carbons (Fsp3) is 0.444. The summed E-state index contributed by atoms with van der Waals surface area (Å²) in [7, 11) is 1.62. The first-order chi connectivity index (χ1) is 12.0. The maximum atomic E-state index is 13.0. The van der Waals surface area contributed by atoms with Crippen LogP contribution in [0, 0.1) is 12.7 Å². The molecule has 1 aromatic carbocycles. The van der Waals surface area contributed by atoms with Crippen molar-refractivity contribution in [1.29, 1.82) is 0 Å². The van der Waals surface area contributed by atoms with Crippen molar-refractivity contribution in [2.45, 2.75) is 25.4 Å². The van der Waals surface area contributed by atoms with Crippen molar-refractivity contribution >= 4 is 5.91 Å². The summed E-state index contributed by atoms with van der Waals surface area (Å²) in [4.78, 5) is 14.4. The Morgan fingerprint density at radius 3 is 2.80 bits per heavy atom. The molecule has 1 saturated heterocycles. The Bertz CT molecular complexity index is 731. The van der Waals surface area contributed by atoms with Gasteiger partial charge < -0.3 is 18.9 Å². The van der Waals surface area contributed by atoms with Gasteiger partial charge in [-0.25, -0.2) is 4.39 Å². The van der Waals surface area contributed by atoms with Crippen molar-refractivity contribution in [3.63, 3.8) is 0 Å². The number of rotatable bonds is 5. The number of aryl methyl sites for hydroxylation is 1. The number of nitrogens with zero attached hydrogens (tertiary/aromatic N) is 2. The molecule has 0 spiro atoms. The summed E-state index contributed by atoms with van der Waals surface area (Å²) < 4.78 is 29.4. The molecule has 0 bridgehead atoms. The Morgan fingerprint density at radius 2 is 2.16 bits per heavy atom. The number of carbonyl (C=O) groups excluding carboxylic acids is 1. The SMILES string of the molecule is COC1(COc2ccc(F)cc2)CCCN(C(=O)c2conc2C)C1. The van der Waals surface area contributed by atoms with E-state index < -0.39 is 5.60 Å². The number of aromatic nitrogens is 1. The minimum absolute atomic E-state index is 0.123. The zero-order chi connectivity index (χ0) is 17.9. The second kappa shape index (κ2) is 7.23. The van der Waals surface area contributed by atoms with Gasteiger partial charge >= 0.3 is 0 Å². The van der Waals surface area contributed by atoms with Crippen LogP contribution in [0.4, 0.5) is 4.39 Å². The molecule has 25 heavy (non-hydrogen) atoms. The average Bonchev–Trinajstić information content (AvgIpc) is 3.07. The molecule has 134 valence electrons. The molecule has 2 aromatic rings. The molecule has 1 unspecified atom stereocenters. The van der Waals surface area contributed by atoms with Crippen LogP contribution in [0.5, 0.6) is 5.75 Å². The largest absolute Gasteiger partial charge is 0.491 e. The van der Waals surface area contributed by atoms with Crippen molar-refractivity contribution in [3.05, 3.63) is 47.6 Å². The molecule has 1 aromatic heterocycles. The Morgan fingerprint density at radius 1 is 1.40 bits per heavy atom. The Hall–Kier alpha value is -2.41. The third-order valence-corrected chi connectivity index (χ3v) is 4.56.